The number of carbonyl (C=O) groups is 4. The van der Waals surface area contributed by atoms with Gasteiger partial charge in [0.2, 0.25) is 5.91 Å². The average molecular weight is 685 g/mol. The van der Waals surface area contributed by atoms with E-state index in [1.165, 1.54) is 0 Å². The van der Waals surface area contributed by atoms with E-state index in [1.54, 1.807) is 13.1 Å². The maximum atomic E-state index is 12.3. The van der Waals surface area contributed by atoms with Crippen LogP contribution in [-0.4, -0.2) is 112 Å². The third-order valence-electron chi connectivity index (χ3n) is 6.44. The molecule has 3 N–H and O–H groups in total. The van der Waals surface area contributed by atoms with Crippen molar-refractivity contribution in [2.75, 3.05) is 13.1 Å². The lowest BCUT2D eigenvalue weighted by Crippen LogP contribution is -2.48. The van der Waals surface area contributed by atoms with Crippen molar-refractivity contribution in [1.82, 2.24) is 29.1 Å². The lowest BCUT2D eigenvalue weighted by molar-refractivity contribution is -0.193. The SMILES string of the molecule is CC(=O)N1[C@H](Cn2cccn2)C[C@@H]2CN(Cc3nccn3C)CC[C@@H]21.O=C(O)C(F)(F)F.O=C(O)C(F)(F)F.O=C(O)C(F)(F)F. The van der Waals surface area contributed by atoms with Crippen molar-refractivity contribution in [3.05, 3.63) is 36.7 Å². The second-order valence-corrected chi connectivity index (χ2v) is 9.76. The molecule has 3 atom stereocenters. The molecular formula is C24H29F9N6O7. The fourth-order valence-corrected chi connectivity index (χ4v) is 4.60. The highest BCUT2D eigenvalue weighted by molar-refractivity contribution is 5.75. The Morgan fingerprint density at radius 1 is 0.870 bits per heavy atom. The minimum Gasteiger partial charge on any atom is -0.475 e. The number of alkyl halides is 9. The minimum absolute atomic E-state index is 0.196. The van der Waals surface area contributed by atoms with Crippen molar-refractivity contribution in [2.24, 2.45) is 13.0 Å². The first-order valence-electron chi connectivity index (χ1n) is 12.8. The van der Waals surface area contributed by atoms with Crippen LogP contribution in [0.5, 0.6) is 0 Å². The molecule has 0 unspecified atom stereocenters. The fraction of sp³-hybridized carbons (Fsp3) is 0.583. The van der Waals surface area contributed by atoms with Crippen LogP contribution < -0.4 is 0 Å². The number of hydrogen-bond acceptors (Lipinski definition) is 7. The molecular weight excluding hydrogens is 655 g/mol. The Hall–Kier alpha value is -4.37. The number of carbonyl (C=O) groups excluding carboxylic acids is 1. The smallest absolute Gasteiger partial charge is 0.475 e. The molecule has 2 aliphatic rings. The summed E-state index contributed by atoms with van der Waals surface area (Å²) in [5.41, 5.74) is 0. The summed E-state index contributed by atoms with van der Waals surface area (Å²) in [6.07, 6.45) is -5.52. The van der Waals surface area contributed by atoms with Gasteiger partial charge in [-0.1, -0.05) is 0 Å². The lowest BCUT2D eigenvalue weighted by Gasteiger charge is -2.38. The monoisotopic (exact) mass is 684 g/mol. The number of aryl methyl sites for hydroxylation is 1. The van der Waals surface area contributed by atoms with Gasteiger partial charge in [0.15, 0.2) is 0 Å². The van der Waals surface area contributed by atoms with Crippen molar-refractivity contribution >= 4 is 23.8 Å². The standard InChI is InChI=1S/C18H26N6O.3C2HF3O2/c1-14(25)24-16(12-23-7-3-5-20-23)10-15-11-22(8-4-17(15)24)13-18-19-6-9-21(18)2;3*3-2(4,5)1(6)7/h3,5-7,9,15-17H,4,8,10-13H2,1-2H3;3*(H,6,7)/t15-,16+,17+;;;/m1.../s1. The van der Waals surface area contributed by atoms with Gasteiger partial charge in [-0.2, -0.15) is 44.6 Å². The van der Waals surface area contributed by atoms with Crippen LogP contribution in [0.3, 0.4) is 0 Å². The molecule has 2 fully saturated rings. The van der Waals surface area contributed by atoms with E-state index < -0.39 is 36.4 Å². The van der Waals surface area contributed by atoms with Crippen molar-refractivity contribution in [3.8, 4) is 0 Å². The number of hydrogen-bond donors (Lipinski definition) is 3. The number of aliphatic carboxylic acids is 3. The second-order valence-electron chi connectivity index (χ2n) is 9.76. The molecule has 0 radical (unpaired) electrons. The number of aromatic nitrogens is 4. The van der Waals surface area contributed by atoms with E-state index in [9.17, 15) is 44.3 Å². The Bertz CT molecular complexity index is 1240. The number of nitrogens with zero attached hydrogens (tertiary/aromatic N) is 6. The quantitative estimate of drug-likeness (QED) is 0.407. The van der Waals surface area contributed by atoms with Crippen LogP contribution in [0.4, 0.5) is 39.5 Å². The van der Waals surface area contributed by atoms with E-state index in [2.05, 4.69) is 24.4 Å². The van der Waals surface area contributed by atoms with E-state index >= 15 is 0 Å². The van der Waals surface area contributed by atoms with Crippen molar-refractivity contribution in [2.45, 2.75) is 63.5 Å². The molecule has 4 heterocycles. The van der Waals surface area contributed by atoms with Crippen molar-refractivity contribution < 1.29 is 74.0 Å². The number of imidazole rings is 1. The zero-order chi connectivity index (χ0) is 35.6. The third kappa shape index (κ3) is 12.9. The molecule has 22 heteroatoms. The largest absolute Gasteiger partial charge is 0.490 e. The summed E-state index contributed by atoms with van der Waals surface area (Å²) >= 11 is 0. The number of halogens is 9. The van der Waals surface area contributed by atoms with Gasteiger partial charge in [-0.3, -0.25) is 14.4 Å². The molecule has 260 valence electrons. The van der Waals surface area contributed by atoms with Crippen LogP contribution in [0.2, 0.25) is 0 Å². The number of rotatable bonds is 4. The molecule has 13 nitrogen and oxygen atoms in total. The molecule has 2 aromatic rings. The number of piperidine rings is 1. The minimum atomic E-state index is -5.08. The van der Waals surface area contributed by atoms with Gasteiger partial charge in [0.25, 0.3) is 0 Å². The first-order valence-corrected chi connectivity index (χ1v) is 12.8. The topological polar surface area (TPSA) is 171 Å². The van der Waals surface area contributed by atoms with Gasteiger partial charge in [0, 0.05) is 57.9 Å². The number of amides is 1. The molecule has 0 saturated carbocycles. The summed E-state index contributed by atoms with van der Waals surface area (Å²) in [6.45, 7) is 5.44. The zero-order valence-corrected chi connectivity index (χ0v) is 23.9. The van der Waals surface area contributed by atoms with Crippen LogP contribution in [-0.2, 0) is 39.3 Å². The third-order valence-corrected chi connectivity index (χ3v) is 6.44. The molecule has 0 spiro atoms. The Balaban J connectivity index is 0.000000413. The Labute approximate surface area is 253 Å². The molecule has 2 aromatic heterocycles. The summed E-state index contributed by atoms with van der Waals surface area (Å²) in [6, 6.07) is 2.56. The van der Waals surface area contributed by atoms with E-state index in [0.29, 0.717) is 12.0 Å². The summed E-state index contributed by atoms with van der Waals surface area (Å²) < 4.78 is 99.2. The van der Waals surface area contributed by atoms with Gasteiger partial charge in [-0.15, -0.1) is 0 Å². The number of carboxylic acid groups (broad SMARTS) is 3. The predicted molar refractivity (Wildman–Crippen MR) is 135 cm³/mol. The highest BCUT2D eigenvalue weighted by Gasteiger charge is 2.45. The van der Waals surface area contributed by atoms with Crippen LogP contribution in [0.15, 0.2) is 30.9 Å². The summed E-state index contributed by atoms with van der Waals surface area (Å²) in [4.78, 5) is 48.0. The van der Waals surface area contributed by atoms with Crippen LogP contribution in [0.1, 0.15) is 25.6 Å². The maximum Gasteiger partial charge on any atom is 0.490 e. The van der Waals surface area contributed by atoms with Crippen LogP contribution in [0, 0.1) is 5.92 Å². The average Bonchev–Trinajstić information content (AvgIpc) is 3.64. The molecule has 2 aliphatic heterocycles. The predicted octanol–water partition coefficient (Wildman–Crippen LogP) is 3.03. The van der Waals surface area contributed by atoms with Gasteiger partial charge in [-0.25, -0.2) is 19.4 Å². The normalized spacial score (nSPS) is 19.7. The summed E-state index contributed by atoms with van der Waals surface area (Å²) in [5, 5.41) is 25.7. The van der Waals surface area contributed by atoms with Gasteiger partial charge in [0.05, 0.1) is 19.1 Å². The number of carboxylic acids is 3. The van der Waals surface area contributed by atoms with E-state index in [4.69, 9.17) is 29.7 Å². The maximum absolute atomic E-state index is 12.3. The van der Waals surface area contributed by atoms with Gasteiger partial charge >= 0.3 is 36.4 Å². The Kier molecular flexibility index (Phi) is 14.0. The van der Waals surface area contributed by atoms with E-state index in [1.807, 2.05) is 36.4 Å². The first kappa shape index (κ1) is 39.7. The van der Waals surface area contributed by atoms with Crippen molar-refractivity contribution in [1.29, 1.82) is 0 Å². The van der Waals surface area contributed by atoms with E-state index in [0.717, 1.165) is 44.8 Å². The number of fused-ring (bicyclic) bond motifs is 1. The fourth-order valence-electron chi connectivity index (χ4n) is 4.60. The van der Waals surface area contributed by atoms with Crippen LogP contribution in [0.25, 0.3) is 0 Å². The van der Waals surface area contributed by atoms with E-state index in [-0.39, 0.29) is 11.9 Å². The molecule has 0 aliphatic carbocycles. The molecule has 1 amide bonds. The van der Waals surface area contributed by atoms with Gasteiger partial charge in [-0.05, 0) is 24.8 Å². The first-order chi connectivity index (χ1) is 20.9. The zero-order valence-electron chi connectivity index (χ0n) is 23.9. The highest BCUT2D eigenvalue weighted by atomic mass is 19.4. The van der Waals surface area contributed by atoms with Crippen molar-refractivity contribution in [3.63, 3.8) is 0 Å². The second kappa shape index (κ2) is 16.3. The Morgan fingerprint density at radius 2 is 1.37 bits per heavy atom. The van der Waals surface area contributed by atoms with Crippen LogP contribution >= 0.6 is 0 Å². The number of likely N-dealkylation sites (tertiary alicyclic amines) is 2. The molecule has 0 aromatic carbocycles. The Morgan fingerprint density at radius 3 is 1.74 bits per heavy atom. The summed E-state index contributed by atoms with van der Waals surface area (Å²) in [5.74, 6) is -6.43. The molecule has 2 saturated heterocycles. The lowest BCUT2D eigenvalue weighted by atomic mass is 9.92. The van der Waals surface area contributed by atoms with Gasteiger partial charge in [0.1, 0.15) is 5.82 Å². The summed E-state index contributed by atoms with van der Waals surface area (Å²) in [7, 11) is 2.04. The molecule has 0 bridgehead atoms. The molecule has 4 rings (SSSR count). The highest BCUT2D eigenvalue weighted by Crippen LogP contribution is 2.36. The van der Waals surface area contributed by atoms with Gasteiger partial charge < -0.3 is 24.8 Å². The molecule has 46 heavy (non-hydrogen) atoms.